The molecule has 52 valence electrons. The lowest BCUT2D eigenvalue weighted by molar-refractivity contribution is 0.619. The Hall–Kier alpha value is -1.31. The molecule has 0 amide bonds. The predicted octanol–water partition coefficient (Wildman–Crippen LogP) is 1.54. The van der Waals surface area contributed by atoms with Crippen molar-refractivity contribution in [2.24, 2.45) is 4.99 Å². The van der Waals surface area contributed by atoms with Crippen molar-refractivity contribution < 1.29 is 0 Å². The molecule has 0 aromatic rings. The van der Waals surface area contributed by atoms with Gasteiger partial charge in [0.2, 0.25) is 0 Å². The zero-order valence-electron chi connectivity index (χ0n) is 5.83. The van der Waals surface area contributed by atoms with Gasteiger partial charge in [-0.1, -0.05) is 13.2 Å². The Morgan fingerprint density at radius 1 is 1.60 bits per heavy atom. The van der Waals surface area contributed by atoms with Crippen molar-refractivity contribution in [2.75, 3.05) is 6.54 Å². The first kappa shape index (κ1) is 6.81. The number of hydrogen-bond acceptors (Lipinski definition) is 2. The lowest BCUT2D eigenvalue weighted by Gasteiger charge is -2.19. The zero-order chi connectivity index (χ0) is 7.40. The second kappa shape index (κ2) is 3.01. The van der Waals surface area contributed by atoms with Crippen molar-refractivity contribution in [1.82, 2.24) is 4.90 Å². The summed E-state index contributed by atoms with van der Waals surface area (Å²) in [5, 5.41) is 0. The molecule has 10 heavy (non-hydrogen) atoms. The first-order chi connectivity index (χ1) is 4.88. The van der Waals surface area contributed by atoms with Gasteiger partial charge in [-0.15, -0.1) is 0 Å². The van der Waals surface area contributed by atoms with Gasteiger partial charge in [0, 0.05) is 12.7 Å². The SMILES string of the molecule is C=CC1=NC=CCN1C=C. The fraction of sp³-hybridized carbons (Fsp3) is 0.125. The van der Waals surface area contributed by atoms with Crippen LogP contribution in [-0.2, 0) is 0 Å². The van der Waals surface area contributed by atoms with Gasteiger partial charge in [-0.3, -0.25) is 0 Å². The molecule has 2 nitrogen and oxygen atoms in total. The molecule has 0 saturated carbocycles. The van der Waals surface area contributed by atoms with Crippen LogP contribution in [0.2, 0.25) is 0 Å². The van der Waals surface area contributed by atoms with Crippen LogP contribution in [0.15, 0.2) is 42.7 Å². The smallest absolute Gasteiger partial charge is 0.132 e. The van der Waals surface area contributed by atoms with E-state index in [1.807, 2.05) is 11.0 Å². The minimum absolute atomic E-state index is 0.842. The molecule has 0 aromatic carbocycles. The molecule has 1 aliphatic heterocycles. The number of hydrogen-bond donors (Lipinski definition) is 0. The molecule has 1 rings (SSSR count). The maximum Gasteiger partial charge on any atom is 0.132 e. The summed E-state index contributed by atoms with van der Waals surface area (Å²) in [5.41, 5.74) is 0. The van der Waals surface area contributed by atoms with Gasteiger partial charge in [0.15, 0.2) is 0 Å². The van der Waals surface area contributed by atoms with Crippen LogP contribution in [0.4, 0.5) is 0 Å². The molecular formula is C8H10N2. The van der Waals surface area contributed by atoms with E-state index in [1.165, 1.54) is 0 Å². The summed E-state index contributed by atoms with van der Waals surface area (Å²) in [5.74, 6) is 0.859. The number of amidine groups is 1. The zero-order valence-corrected chi connectivity index (χ0v) is 5.83. The monoisotopic (exact) mass is 134 g/mol. The molecule has 0 radical (unpaired) electrons. The summed E-state index contributed by atoms with van der Waals surface area (Å²) in [4.78, 5) is 6.00. The van der Waals surface area contributed by atoms with E-state index in [0.29, 0.717) is 0 Å². The molecular weight excluding hydrogens is 124 g/mol. The first-order valence-corrected chi connectivity index (χ1v) is 3.13. The molecule has 0 unspecified atom stereocenters. The van der Waals surface area contributed by atoms with E-state index in [-0.39, 0.29) is 0 Å². The standard InChI is InChI=1S/C8H10N2/c1-3-8-9-6-5-7-10(8)4-2/h3-6H,1-2,7H2. The Kier molecular flexibility index (Phi) is 2.05. The minimum atomic E-state index is 0.842. The molecule has 1 heterocycles. The van der Waals surface area contributed by atoms with Crippen molar-refractivity contribution >= 4 is 5.84 Å². The van der Waals surface area contributed by atoms with Crippen LogP contribution in [0, 0.1) is 0 Å². The summed E-state index contributed by atoms with van der Waals surface area (Å²) in [6.07, 6.45) is 7.20. The second-order valence-electron chi connectivity index (χ2n) is 1.91. The maximum absolute atomic E-state index is 4.07. The van der Waals surface area contributed by atoms with Gasteiger partial charge in [-0.2, -0.15) is 0 Å². The summed E-state index contributed by atoms with van der Waals surface area (Å²) >= 11 is 0. The second-order valence-corrected chi connectivity index (χ2v) is 1.91. The van der Waals surface area contributed by atoms with Crippen molar-refractivity contribution in [3.8, 4) is 0 Å². The fourth-order valence-corrected chi connectivity index (χ4v) is 0.795. The van der Waals surface area contributed by atoms with Crippen LogP contribution >= 0.6 is 0 Å². The largest absolute Gasteiger partial charge is 0.330 e. The predicted molar refractivity (Wildman–Crippen MR) is 43.7 cm³/mol. The molecule has 1 aliphatic rings. The van der Waals surface area contributed by atoms with Gasteiger partial charge in [-0.05, 0) is 18.4 Å². The summed E-state index contributed by atoms with van der Waals surface area (Å²) < 4.78 is 0. The van der Waals surface area contributed by atoms with Crippen LogP contribution in [0.3, 0.4) is 0 Å². The van der Waals surface area contributed by atoms with Gasteiger partial charge < -0.3 is 4.90 Å². The quantitative estimate of drug-likeness (QED) is 0.559. The lowest BCUT2D eigenvalue weighted by atomic mass is 10.4. The number of nitrogens with zero attached hydrogens (tertiary/aromatic N) is 2. The highest BCUT2D eigenvalue weighted by Crippen LogP contribution is 2.00. The molecule has 0 N–H and O–H groups in total. The lowest BCUT2D eigenvalue weighted by Crippen LogP contribution is -2.25. The van der Waals surface area contributed by atoms with Gasteiger partial charge in [0.25, 0.3) is 0 Å². The highest BCUT2D eigenvalue weighted by Gasteiger charge is 2.03. The molecule has 0 saturated heterocycles. The average molecular weight is 134 g/mol. The van der Waals surface area contributed by atoms with Gasteiger partial charge in [0.1, 0.15) is 5.84 Å². The molecule has 2 heteroatoms. The fourth-order valence-electron chi connectivity index (χ4n) is 0.795. The van der Waals surface area contributed by atoms with E-state index < -0.39 is 0 Å². The van der Waals surface area contributed by atoms with Crippen LogP contribution in [-0.4, -0.2) is 17.3 Å². The molecule has 0 aliphatic carbocycles. The normalized spacial score (nSPS) is 16.4. The van der Waals surface area contributed by atoms with E-state index in [1.54, 1.807) is 18.5 Å². The minimum Gasteiger partial charge on any atom is -0.330 e. The highest BCUT2D eigenvalue weighted by molar-refractivity contribution is 5.94. The third-order valence-corrected chi connectivity index (χ3v) is 1.31. The summed E-state index contributed by atoms with van der Waals surface area (Å²) in [6.45, 7) is 8.12. The van der Waals surface area contributed by atoms with Crippen molar-refractivity contribution in [3.63, 3.8) is 0 Å². The van der Waals surface area contributed by atoms with Crippen molar-refractivity contribution in [1.29, 1.82) is 0 Å². The maximum atomic E-state index is 4.07. The molecule has 0 aromatic heterocycles. The first-order valence-electron chi connectivity index (χ1n) is 3.13. The van der Waals surface area contributed by atoms with Crippen LogP contribution < -0.4 is 0 Å². The highest BCUT2D eigenvalue weighted by atomic mass is 15.2. The molecule has 0 atom stereocenters. The average Bonchev–Trinajstić information content (AvgIpc) is 2.04. The van der Waals surface area contributed by atoms with Gasteiger partial charge in [0.05, 0.1) is 0 Å². The van der Waals surface area contributed by atoms with E-state index in [2.05, 4.69) is 18.2 Å². The van der Waals surface area contributed by atoms with Gasteiger partial charge in [-0.25, -0.2) is 4.99 Å². The molecule has 0 spiro atoms. The van der Waals surface area contributed by atoms with Crippen LogP contribution in [0.1, 0.15) is 0 Å². The van der Waals surface area contributed by atoms with Crippen LogP contribution in [0.25, 0.3) is 0 Å². The third kappa shape index (κ3) is 1.16. The van der Waals surface area contributed by atoms with E-state index in [9.17, 15) is 0 Å². The number of aliphatic imine (C=N–C) groups is 1. The molecule has 0 fully saturated rings. The van der Waals surface area contributed by atoms with Crippen molar-refractivity contribution in [3.05, 3.63) is 37.7 Å². The van der Waals surface area contributed by atoms with E-state index >= 15 is 0 Å². The summed E-state index contributed by atoms with van der Waals surface area (Å²) in [6, 6.07) is 0. The Morgan fingerprint density at radius 2 is 2.40 bits per heavy atom. The third-order valence-electron chi connectivity index (χ3n) is 1.31. The van der Waals surface area contributed by atoms with Crippen molar-refractivity contribution in [2.45, 2.75) is 0 Å². The topological polar surface area (TPSA) is 15.6 Å². The number of rotatable bonds is 2. The van der Waals surface area contributed by atoms with E-state index in [4.69, 9.17) is 0 Å². The Bertz CT molecular complexity index is 201. The molecule has 0 bridgehead atoms. The summed E-state index contributed by atoms with van der Waals surface area (Å²) in [7, 11) is 0. The van der Waals surface area contributed by atoms with E-state index in [0.717, 1.165) is 12.4 Å². The van der Waals surface area contributed by atoms with Crippen LogP contribution in [0.5, 0.6) is 0 Å². The Balaban J connectivity index is 2.79. The van der Waals surface area contributed by atoms with Gasteiger partial charge >= 0.3 is 0 Å². The Morgan fingerprint density at radius 3 is 2.90 bits per heavy atom. The Labute approximate surface area is 60.9 Å².